The smallest absolute Gasteiger partial charge is 0.262 e. The first kappa shape index (κ1) is 9.86. The van der Waals surface area contributed by atoms with Gasteiger partial charge in [-0.2, -0.15) is 0 Å². The van der Waals surface area contributed by atoms with Gasteiger partial charge in [-0.15, -0.1) is 11.3 Å². The van der Waals surface area contributed by atoms with Crippen molar-refractivity contribution < 1.29 is 4.79 Å². The highest BCUT2D eigenvalue weighted by Crippen LogP contribution is 2.71. The van der Waals surface area contributed by atoms with Crippen LogP contribution in [0.1, 0.15) is 45.4 Å². The number of hydrogen-bond acceptors (Lipinski definition) is 2. The van der Waals surface area contributed by atoms with Crippen LogP contribution in [0.2, 0.25) is 0 Å². The Bertz CT molecular complexity index is 472. The van der Waals surface area contributed by atoms with Crippen LogP contribution in [0.5, 0.6) is 0 Å². The van der Waals surface area contributed by atoms with Crippen molar-refractivity contribution in [2.24, 2.45) is 11.3 Å². The molecule has 2 aliphatic carbocycles. The highest BCUT2D eigenvalue weighted by atomic mass is 35.5. The minimum Gasteiger partial charge on any atom is -0.275 e. The molecule has 1 saturated carbocycles. The second-order valence-electron chi connectivity index (χ2n) is 5.26. The molecule has 15 heavy (non-hydrogen) atoms. The zero-order chi connectivity index (χ0) is 11.0. The average molecular weight is 241 g/mol. The predicted octanol–water partition coefficient (Wildman–Crippen LogP) is 3.73. The molecule has 1 fully saturated rings. The summed E-state index contributed by atoms with van der Waals surface area (Å²) < 4.78 is 0. The molecule has 2 atom stereocenters. The highest BCUT2D eigenvalue weighted by molar-refractivity contribution is 7.16. The molecule has 0 unspecified atom stereocenters. The van der Waals surface area contributed by atoms with E-state index < -0.39 is 0 Å². The maximum atomic E-state index is 11.3. The topological polar surface area (TPSA) is 17.1 Å². The summed E-state index contributed by atoms with van der Waals surface area (Å²) >= 11 is 7.18. The van der Waals surface area contributed by atoms with Crippen molar-refractivity contribution in [1.82, 2.24) is 0 Å². The molecule has 3 rings (SSSR count). The molecule has 0 amide bonds. The summed E-state index contributed by atoms with van der Waals surface area (Å²) in [6.45, 7) is 6.76. The Hall–Kier alpha value is -0.340. The van der Waals surface area contributed by atoms with E-state index in [0.717, 1.165) is 17.2 Å². The minimum absolute atomic E-state index is 0.275. The van der Waals surface area contributed by atoms with Gasteiger partial charge in [-0.05, 0) is 53.3 Å². The Morgan fingerprint density at radius 3 is 2.80 bits per heavy atom. The fraction of sp³-hybridized carbons (Fsp3) is 0.583. The van der Waals surface area contributed by atoms with Crippen molar-refractivity contribution in [3.63, 3.8) is 0 Å². The Labute approximate surface area is 98.4 Å². The largest absolute Gasteiger partial charge is 0.275 e. The number of aryl methyl sites for hydroxylation is 1. The lowest BCUT2D eigenvalue weighted by atomic mass is 9.95. The predicted molar refractivity (Wildman–Crippen MR) is 63.0 cm³/mol. The summed E-state index contributed by atoms with van der Waals surface area (Å²) in [4.78, 5) is 13.4. The van der Waals surface area contributed by atoms with Gasteiger partial charge in [0.15, 0.2) is 0 Å². The van der Waals surface area contributed by atoms with Crippen LogP contribution in [-0.2, 0) is 6.42 Å². The Morgan fingerprint density at radius 2 is 2.20 bits per heavy atom. The molecule has 3 heteroatoms. The van der Waals surface area contributed by atoms with Crippen LogP contribution in [0.25, 0.3) is 0 Å². The van der Waals surface area contributed by atoms with Gasteiger partial charge < -0.3 is 0 Å². The van der Waals surface area contributed by atoms with Crippen molar-refractivity contribution in [1.29, 1.82) is 0 Å². The number of hydrogen-bond donors (Lipinski definition) is 0. The van der Waals surface area contributed by atoms with Crippen molar-refractivity contribution in [2.75, 3.05) is 0 Å². The summed E-state index contributed by atoms with van der Waals surface area (Å²) in [5.41, 5.74) is 3.15. The number of thiophene rings is 1. The van der Waals surface area contributed by atoms with Crippen LogP contribution in [-0.4, -0.2) is 5.24 Å². The maximum absolute atomic E-state index is 11.3. The first-order chi connectivity index (χ1) is 6.94. The quantitative estimate of drug-likeness (QED) is 0.684. The molecule has 0 aromatic carbocycles. The molecule has 0 radical (unpaired) electrons. The molecule has 1 heterocycles. The van der Waals surface area contributed by atoms with Crippen LogP contribution in [0.4, 0.5) is 0 Å². The molecular weight excluding hydrogens is 228 g/mol. The zero-order valence-corrected chi connectivity index (χ0v) is 10.6. The molecular formula is C12H13ClOS. The van der Waals surface area contributed by atoms with E-state index in [1.165, 1.54) is 16.0 Å². The zero-order valence-electron chi connectivity index (χ0n) is 9.06. The van der Waals surface area contributed by atoms with E-state index in [1.807, 2.05) is 0 Å². The number of carbonyl (C=O) groups excluding carboxylic acids is 1. The van der Waals surface area contributed by atoms with E-state index in [9.17, 15) is 4.79 Å². The first-order valence-corrected chi connectivity index (χ1v) is 6.46. The van der Waals surface area contributed by atoms with Gasteiger partial charge in [-0.1, -0.05) is 13.8 Å². The molecule has 1 aromatic rings. The Balaban J connectivity index is 2.14. The number of halogens is 1. The lowest BCUT2D eigenvalue weighted by molar-refractivity contribution is 0.108. The third-order valence-electron chi connectivity index (χ3n) is 4.20. The SMILES string of the molecule is Cc1sc(C(=O)Cl)c2c1[C@H]1[C@@H](C2)C1(C)C. The fourth-order valence-corrected chi connectivity index (χ4v) is 4.58. The lowest BCUT2D eigenvalue weighted by Gasteiger charge is -2.08. The third-order valence-corrected chi connectivity index (χ3v) is 5.66. The first-order valence-electron chi connectivity index (χ1n) is 5.26. The van der Waals surface area contributed by atoms with E-state index in [1.54, 1.807) is 11.3 Å². The summed E-state index contributed by atoms with van der Waals surface area (Å²) in [5.74, 6) is 1.44. The molecule has 0 saturated heterocycles. The van der Waals surface area contributed by atoms with Gasteiger partial charge >= 0.3 is 0 Å². The van der Waals surface area contributed by atoms with Crippen molar-refractivity contribution in [3.05, 3.63) is 20.9 Å². The van der Waals surface area contributed by atoms with Gasteiger partial charge in [-0.3, -0.25) is 4.79 Å². The fourth-order valence-electron chi connectivity index (χ4n) is 3.29. The van der Waals surface area contributed by atoms with Crippen molar-refractivity contribution in [2.45, 2.75) is 33.1 Å². The van der Waals surface area contributed by atoms with Crippen LogP contribution in [0.15, 0.2) is 0 Å². The van der Waals surface area contributed by atoms with Gasteiger partial charge in [0.05, 0.1) is 4.88 Å². The standard InChI is InChI=1S/C12H13ClOS/c1-5-8-6(10(15-5)11(13)14)4-7-9(8)12(7,2)3/h7,9H,4H2,1-3H3/t7-,9-/m1/s1. The summed E-state index contributed by atoms with van der Waals surface area (Å²) in [7, 11) is 0. The van der Waals surface area contributed by atoms with Gasteiger partial charge in [-0.25, -0.2) is 0 Å². The van der Waals surface area contributed by atoms with Gasteiger partial charge in [0, 0.05) is 4.88 Å². The molecule has 1 aromatic heterocycles. The normalized spacial score (nSPS) is 29.9. The summed E-state index contributed by atoms with van der Waals surface area (Å²) in [6, 6.07) is 0. The monoisotopic (exact) mass is 240 g/mol. The average Bonchev–Trinajstić information content (AvgIpc) is 2.54. The minimum atomic E-state index is -0.275. The number of carbonyl (C=O) groups is 1. The van der Waals surface area contributed by atoms with Gasteiger partial charge in [0.2, 0.25) is 0 Å². The third kappa shape index (κ3) is 1.07. The van der Waals surface area contributed by atoms with E-state index >= 15 is 0 Å². The Morgan fingerprint density at radius 1 is 1.53 bits per heavy atom. The van der Waals surface area contributed by atoms with E-state index in [4.69, 9.17) is 11.6 Å². The highest BCUT2D eigenvalue weighted by Gasteiger charge is 2.63. The van der Waals surface area contributed by atoms with Gasteiger partial charge in [0.25, 0.3) is 5.24 Å². The van der Waals surface area contributed by atoms with Crippen molar-refractivity contribution in [3.8, 4) is 0 Å². The second kappa shape index (κ2) is 2.67. The van der Waals surface area contributed by atoms with Crippen LogP contribution in [0.3, 0.4) is 0 Å². The Kier molecular flexibility index (Phi) is 1.75. The number of rotatable bonds is 1. The van der Waals surface area contributed by atoms with E-state index in [2.05, 4.69) is 20.8 Å². The summed E-state index contributed by atoms with van der Waals surface area (Å²) in [6.07, 6.45) is 1.06. The van der Waals surface area contributed by atoms with E-state index in [0.29, 0.717) is 11.3 Å². The van der Waals surface area contributed by atoms with Crippen LogP contribution < -0.4 is 0 Å². The van der Waals surface area contributed by atoms with Gasteiger partial charge in [0.1, 0.15) is 0 Å². The molecule has 1 nitrogen and oxygen atoms in total. The number of fused-ring (bicyclic) bond motifs is 3. The molecule has 2 aliphatic rings. The molecule has 0 bridgehead atoms. The van der Waals surface area contributed by atoms with Crippen molar-refractivity contribution >= 4 is 28.2 Å². The summed E-state index contributed by atoms with van der Waals surface area (Å²) in [5, 5.41) is -0.275. The van der Waals surface area contributed by atoms with Crippen LogP contribution in [0, 0.1) is 18.3 Å². The molecule has 0 aliphatic heterocycles. The maximum Gasteiger partial charge on any atom is 0.262 e. The van der Waals surface area contributed by atoms with E-state index in [-0.39, 0.29) is 5.24 Å². The van der Waals surface area contributed by atoms with Crippen LogP contribution >= 0.6 is 22.9 Å². The second-order valence-corrected chi connectivity index (χ2v) is 6.83. The molecule has 0 spiro atoms. The lowest BCUT2D eigenvalue weighted by Crippen LogP contribution is -2.01. The molecule has 80 valence electrons. The molecule has 0 N–H and O–H groups in total.